The first kappa shape index (κ1) is 23.1. The molecule has 0 amide bonds. The quantitative estimate of drug-likeness (QED) is 0.475. The second-order valence-corrected chi connectivity index (χ2v) is 8.82. The van der Waals surface area contributed by atoms with Crippen molar-refractivity contribution in [3.63, 3.8) is 0 Å². The van der Waals surface area contributed by atoms with Crippen molar-refractivity contribution >= 4 is 34.7 Å². The number of aromatic carboxylic acids is 1. The number of halogens is 1. The van der Waals surface area contributed by atoms with E-state index in [1.165, 1.54) is 23.6 Å². The zero-order chi connectivity index (χ0) is 23.7. The summed E-state index contributed by atoms with van der Waals surface area (Å²) in [4.78, 5) is 31.2. The fraction of sp³-hybridized carbons (Fsp3) is 0.318. The molecular weight excluding hydrogens is 470 g/mol. The maximum absolute atomic E-state index is 12.5. The van der Waals surface area contributed by atoms with E-state index in [0.717, 1.165) is 4.88 Å². The SMILES string of the molecule is COCCCOc1cc2c(cc1Cl)-c1cc(=O)c(C(=O)O)cn1[C@H](c1scnc1N(C)C)O2. The topological polar surface area (TPSA) is 103 Å². The first-order chi connectivity index (χ1) is 15.8. The van der Waals surface area contributed by atoms with Crippen molar-refractivity contribution in [3.05, 3.63) is 55.6 Å². The van der Waals surface area contributed by atoms with Crippen molar-refractivity contribution in [3.8, 4) is 22.8 Å². The van der Waals surface area contributed by atoms with E-state index in [0.29, 0.717) is 53.2 Å². The zero-order valence-corrected chi connectivity index (χ0v) is 19.8. The van der Waals surface area contributed by atoms with Gasteiger partial charge >= 0.3 is 5.97 Å². The molecule has 1 N–H and O–H groups in total. The van der Waals surface area contributed by atoms with Gasteiger partial charge in [-0.3, -0.25) is 4.79 Å². The highest BCUT2D eigenvalue weighted by Gasteiger charge is 2.32. The van der Waals surface area contributed by atoms with Crippen LogP contribution in [0.25, 0.3) is 11.3 Å². The molecule has 33 heavy (non-hydrogen) atoms. The lowest BCUT2D eigenvalue weighted by atomic mass is 10.1. The lowest BCUT2D eigenvalue weighted by Crippen LogP contribution is -2.28. The number of hydrogen-bond acceptors (Lipinski definition) is 8. The first-order valence-electron chi connectivity index (χ1n) is 10.0. The minimum absolute atomic E-state index is 0.348. The van der Waals surface area contributed by atoms with E-state index in [4.69, 9.17) is 25.8 Å². The molecule has 1 aromatic carbocycles. The van der Waals surface area contributed by atoms with Gasteiger partial charge in [0.2, 0.25) is 6.23 Å². The predicted octanol–water partition coefficient (Wildman–Crippen LogP) is 3.74. The van der Waals surface area contributed by atoms with Crippen LogP contribution in [0.1, 0.15) is 27.9 Å². The van der Waals surface area contributed by atoms with Gasteiger partial charge in [0.1, 0.15) is 27.8 Å². The number of methoxy groups -OCH3 is 1. The summed E-state index contributed by atoms with van der Waals surface area (Å²) in [6, 6.07) is 4.64. The third kappa shape index (κ3) is 4.41. The Kier molecular flexibility index (Phi) is 6.59. The molecular formula is C22H22ClN3O6S. The van der Waals surface area contributed by atoms with E-state index < -0.39 is 17.6 Å². The molecule has 0 saturated heterocycles. The van der Waals surface area contributed by atoms with Crippen LogP contribution in [0.3, 0.4) is 0 Å². The predicted molar refractivity (Wildman–Crippen MR) is 125 cm³/mol. The van der Waals surface area contributed by atoms with E-state index in [9.17, 15) is 14.7 Å². The summed E-state index contributed by atoms with van der Waals surface area (Å²) >= 11 is 7.83. The van der Waals surface area contributed by atoms with Crippen LogP contribution < -0.4 is 19.8 Å². The van der Waals surface area contributed by atoms with E-state index in [1.54, 1.807) is 29.3 Å². The van der Waals surface area contributed by atoms with Crippen LogP contribution in [0, 0.1) is 0 Å². The summed E-state index contributed by atoms with van der Waals surface area (Å²) in [6.45, 7) is 0.968. The molecule has 0 spiro atoms. The number of aromatic nitrogens is 2. The number of nitrogens with zero attached hydrogens (tertiary/aromatic N) is 3. The number of fused-ring (bicyclic) bond motifs is 3. The summed E-state index contributed by atoms with van der Waals surface area (Å²) in [5.41, 5.74) is 1.79. The molecule has 1 aliphatic heterocycles. The minimum Gasteiger partial charge on any atom is -0.492 e. The summed E-state index contributed by atoms with van der Waals surface area (Å²) in [7, 11) is 5.34. The number of rotatable bonds is 8. The van der Waals surface area contributed by atoms with Gasteiger partial charge in [-0.05, 0) is 6.07 Å². The lowest BCUT2D eigenvalue weighted by molar-refractivity contribution is 0.0693. The molecule has 0 aliphatic carbocycles. The second kappa shape index (κ2) is 9.42. The standard InChI is InChI=1S/C22H22ClN3O6S/c1-25(2)20-19(33-11-24-20)21-26-10-13(22(28)29)16(27)8-15(26)12-7-14(23)18(9-17(12)32-21)31-6-4-5-30-3/h7-11,21H,4-6H2,1-3H3,(H,28,29)/t21-/m0/s1. The smallest absolute Gasteiger partial charge is 0.341 e. The summed E-state index contributed by atoms with van der Waals surface area (Å²) in [5.74, 6) is 0.280. The Morgan fingerprint density at radius 2 is 2.12 bits per heavy atom. The molecule has 1 atom stereocenters. The average Bonchev–Trinajstić information content (AvgIpc) is 3.26. The van der Waals surface area contributed by atoms with Gasteiger partial charge < -0.3 is 28.8 Å². The van der Waals surface area contributed by atoms with Gasteiger partial charge in [-0.25, -0.2) is 9.78 Å². The van der Waals surface area contributed by atoms with Gasteiger partial charge in [-0.1, -0.05) is 11.6 Å². The molecule has 0 unspecified atom stereocenters. The Balaban J connectivity index is 1.86. The van der Waals surface area contributed by atoms with Crippen LogP contribution >= 0.6 is 22.9 Å². The van der Waals surface area contributed by atoms with Gasteiger partial charge in [0.15, 0.2) is 5.43 Å². The zero-order valence-electron chi connectivity index (χ0n) is 18.2. The Morgan fingerprint density at radius 3 is 2.82 bits per heavy atom. The molecule has 0 saturated carbocycles. The van der Waals surface area contributed by atoms with Crippen molar-refractivity contribution in [2.24, 2.45) is 0 Å². The van der Waals surface area contributed by atoms with E-state index in [2.05, 4.69) is 4.98 Å². The molecule has 3 aromatic rings. The Labute approximate surface area is 198 Å². The van der Waals surface area contributed by atoms with Crippen LogP contribution in [-0.4, -0.2) is 55.0 Å². The fourth-order valence-corrected chi connectivity index (χ4v) is 4.66. The highest BCUT2D eigenvalue weighted by molar-refractivity contribution is 7.10. The number of hydrogen-bond donors (Lipinski definition) is 1. The number of ether oxygens (including phenoxy) is 3. The van der Waals surface area contributed by atoms with Crippen molar-refractivity contribution in [1.29, 1.82) is 0 Å². The number of anilines is 1. The lowest BCUT2D eigenvalue weighted by Gasteiger charge is -2.32. The molecule has 174 valence electrons. The van der Waals surface area contributed by atoms with E-state index >= 15 is 0 Å². The third-order valence-electron chi connectivity index (χ3n) is 5.08. The van der Waals surface area contributed by atoms with Crippen LogP contribution in [0.4, 0.5) is 5.82 Å². The van der Waals surface area contributed by atoms with Crippen LogP contribution in [-0.2, 0) is 4.74 Å². The van der Waals surface area contributed by atoms with Crippen LogP contribution in [0.2, 0.25) is 5.02 Å². The van der Waals surface area contributed by atoms with Crippen molar-refractivity contribution in [2.45, 2.75) is 12.6 Å². The van der Waals surface area contributed by atoms with Gasteiger partial charge in [-0.2, -0.15) is 0 Å². The van der Waals surface area contributed by atoms with Gasteiger partial charge in [0, 0.05) is 58.1 Å². The summed E-state index contributed by atoms with van der Waals surface area (Å²) in [5, 5.41) is 9.85. The molecule has 0 fully saturated rings. The Bertz CT molecular complexity index is 1260. The maximum Gasteiger partial charge on any atom is 0.341 e. The number of benzene rings is 1. The molecule has 11 heteroatoms. The largest absolute Gasteiger partial charge is 0.492 e. The summed E-state index contributed by atoms with van der Waals surface area (Å²) < 4.78 is 18.8. The van der Waals surface area contributed by atoms with Crippen LogP contribution in [0.15, 0.2) is 34.7 Å². The maximum atomic E-state index is 12.5. The monoisotopic (exact) mass is 491 g/mol. The van der Waals surface area contributed by atoms with Gasteiger partial charge in [0.25, 0.3) is 0 Å². The number of thiazole rings is 1. The highest BCUT2D eigenvalue weighted by Crippen LogP contribution is 2.46. The second-order valence-electron chi connectivity index (χ2n) is 7.53. The molecule has 0 bridgehead atoms. The third-order valence-corrected chi connectivity index (χ3v) is 6.23. The Hall–Kier alpha value is -3.08. The molecule has 0 radical (unpaired) electrons. The van der Waals surface area contributed by atoms with Crippen molar-refractivity contribution in [2.75, 3.05) is 39.3 Å². The van der Waals surface area contributed by atoms with Gasteiger partial charge in [0.05, 0.1) is 22.8 Å². The van der Waals surface area contributed by atoms with E-state index in [1.807, 2.05) is 19.0 Å². The number of carboxylic acids is 1. The number of carboxylic acid groups (broad SMARTS) is 1. The normalized spacial score (nSPS) is 14.2. The molecule has 9 nitrogen and oxygen atoms in total. The molecule has 2 aromatic heterocycles. The van der Waals surface area contributed by atoms with E-state index in [-0.39, 0.29) is 5.56 Å². The Morgan fingerprint density at radius 1 is 1.33 bits per heavy atom. The highest BCUT2D eigenvalue weighted by atomic mass is 35.5. The van der Waals surface area contributed by atoms with Crippen molar-refractivity contribution in [1.82, 2.24) is 9.55 Å². The molecule has 3 heterocycles. The summed E-state index contributed by atoms with van der Waals surface area (Å²) in [6.07, 6.45) is 1.26. The van der Waals surface area contributed by atoms with Gasteiger partial charge in [-0.15, -0.1) is 11.3 Å². The molecule has 4 rings (SSSR count). The molecule has 1 aliphatic rings. The fourth-order valence-electron chi connectivity index (χ4n) is 3.56. The number of pyridine rings is 1. The number of carbonyl (C=O) groups is 1. The van der Waals surface area contributed by atoms with Crippen LogP contribution in [0.5, 0.6) is 11.5 Å². The minimum atomic E-state index is -1.31. The first-order valence-corrected chi connectivity index (χ1v) is 11.3. The average molecular weight is 492 g/mol. The van der Waals surface area contributed by atoms with Crippen molar-refractivity contribution < 1.29 is 24.1 Å².